The number of halogens is 4. The maximum absolute atomic E-state index is 14.3. The fourth-order valence-corrected chi connectivity index (χ4v) is 9.69. The monoisotopic (exact) mass is 688 g/mol. The number of non-ortho nitro benzene ring substituents is 1. The molecule has 0 bridgehead atoms. The maximum atomic E-state index is 14.3. The average Bonchev–Trinajstić information content (AvgIpc) is 3.29. The van der Waals surface area contributed by atoms with Gasteiger partial charge >= 0.3 is 12.1 Å². The van der Waals surface area contributed by atoms with Gasteiger partial charge in [-0.25, -0.2) is 9.00 Å². The first-order chi connectivity index (χ1) is 17.9. The summed E-state index contributed by atoms with van der Waals surface area (Å²) in [5, 5.41) is 25.7. The van der Waals surface area contributed by atoms with E-state index in [1.54, 1.807) is 18.4 Å². The van der Waals surface area contributed by atoms with Gasteiger partial charge in [0.25, 0.3) is 15.7 Å². The SMILES string of the molecule is CSc1sc(C(=N)N)cc1S(=O)(=NS(=O)(=O)c1ccc([N+](=O)[O-])cc1)c1cccc(Br)c1.O=C(O)C(F)(F)F. The number of benzene rings is 2. The predicted octanol–water partition coefficient (Wildman–Crippen LogP) is 5.33. The van der Waals surface area contributed by atoms with E-state index in [2.05, 4.69) is 19.7 Å². The van der Waals surface area contributed by atoms with Gasteiger partial charge in [0.15, 0.2) is 0 Å². The van der Waals surface area contributed by atoms with Gasteiger partial charge in [0.05, 0.1) is 28.7 Å². The second kappa shape index (κ2) is 12.5. The van der Waals surface area contributed by atoms with Gasteiger partial charge < -0.3 is 10.8 Å². The standard InChI is InChI=1S/C18H15BrN4O5S4.C2HF3O2/c1-29-18-16(10-15(30-18)17(20)21)31(26,14-4-2-3-11(19)9-14)22-32(27,28)13-7-5-12(6-8-13)23(24)25;3-2(4,5)1(6)7/h2-10H,1H3,(H3,20,21);(H,6,7). The highest BCUT2D eigenvalue weighted by Gasteiger charge is 2.38. The molecular weight excluding hydrogens is 673 g/mol. The molecule has 1 atom stereocenters. The van der Waals surface area contributed by atoms with Crippen LogP contribution in [0.1, 0.15) is 4.88 Å². The average molecular weight is 690 g/mol. The summed E-state index contributed by atoms with van der Waals surface area (Å²) in [5.41, 5.74) is 5.31. The number of nitro groups is 1. The molecule has 19 heteroatoms. The van der Waals surface area contributed by atoms with Gasteiger partial charge in [0, 0.05) is 16.6 Å². The summed E-state index contributed by atoms with van der Waals surface area (Å²) in [4.78, 5) is 19.4. The number of hydrogen-bond donors (Lipinski definition) is 3. The molecular formula is C20H16BrF3N4O7S4. The van der Waals surface area contributed by atoms with Gasteiger partial charge in [-0.05, 0) is 42.7 Å². The third-order valence-electron chi connectivity index (χ3n) is 4.32. The van der Waals surface area contributed by atoms with Crippen LogP contribution in [0.25, 0.3) is 0 Å². The number of nitrogens with two attached hydrogens (primary N) is 1. The molecule has 3 aromatic rings. The number of nitro benzene ring substituents is 1. The third kappa shape index (κ3) is 8.01. The molecule has 4 N–H and O–H groups in total. The molecule has 0 aliphatic carbocycles. The van der Waals surface area contributed by atoms with Crippen molar-refractivity contribution in [2.75, 3.05) is 6.26 Å². The van der Waals surface area contributed by atoms with Gasteiger partial charge in [0.2, 0.25) is 0 Å². The van der Waals surface area contributed by atoms with Crippen molar-refractivity contribution in [2.45, 2.75) is 25.1 Å². The lowest BCUT2D eigenvalue weighted by Crippen LogP contribution is -2.21. The molecule has 0 spiro atoms. The molecule has 0 saturated heterocycles. The minimum Gasteiger partial charge on any atom is -0.475 e. The van der Waals surface area contributed by atoms with Crippen molar-refractivity contribution in [1.29, 1.82) is 5.41 Å². The number of nitrogens with zero attached hydrogens (tertiary/aromatic N) is 2. The number of rotatable bonds is 7. The number of aliphatic carboxylic acids is 1. The molecule has 39 heavy (non-hydrogen) atoms. The van der Waals surface area contributed by atoms with E-state index in [0.29, 0.717) is 13.6 Å². The predicted molar refractivity (Wildman–Crippen MR) is 142 cm³/mol. The lowest BCUT2D eigenvalue weighted by atomic mass is 10.3. The number of hydrogen-bond acceptors (Lipinski definition) is 9. The van der Waals surface area contributed by atoms with Crippen LogP contribution in [0.2, 0.25) is 0 Å². The number of thiophene rings is 1. The fraction of sp³-hybridized carbons (Fsp3) is 0.100. The maximum Gasteiger partial charge on any atom is 0.490 e. The number of carboxylic acids is 1. The summed E-state index contributed by atoms with van der Waals surface area (Å²) in [7, 11) is -8.23. The zero-order chi connectivity index (χ0) is 29.8. The molecule has 1 unspecified atom stereocenters. The van der Waals surface area contributed by atoms with Crippen LogP contribution in [0.4, 0.5) is 18.9 Å². The molecule has 210 valence electrons. The van der Waals surface area contributed by atoms with Crippen molar-refractivity contribution in [3.05, 3.63) is 74.1 Å². The normalized spacial score (nSPS) is 12.9. The Labute approximate surface area is 236 Å². The zero-order valence-electron chi connectivity index (χ0n) is 19.2. The Bertz CT molecular complexity index is 1650. The highest BCUT2D eigenvalue weighted by atomic mass is 79.9. The van der Waals surface area contributed by atoms with Crippen molar-refractivity contribution >= 4 is 76.3 Å². The molecule has 0 fully saturated rings. The van der Waals surface area contributed by atoms with Crippen LogP contribution in [0.5, 0.6) is 0 Å². The van der Waals surface area contributed by atoms with E-state index in [0.717, 1.165) is 35.6 Å². The van der Waals surface area contributed by atoms with Crippen molar-refractivity contribution < 1.29 is 40.6 Å². The van der Waals surface area contributed by atoms with Crippen LogP contribution in [0.3, 0.4) is 0 Å². The Kier molecular flexibility index (Phi) is 10.3. The smallest absolute Gasteiger partial charge is 0.475 e. The summed E-state index contributed by atoms with van der Waals surface area (Å²) >= 11 is 5.65. The molecule has 0 aliphatic rings. The molecule has 1 aromatic heterocycles. The molecule has 0 aliphatic heterocycles. The number of sulfonamides is 1. The van der Waals surface area contributed by atoms with Gasteiger partial charge in [-0.1, -0.05) is 25.8 Å². The first kappa shape index (κ1) is 32.2. The van der Waals surface area contributed by atoms with E-state index in [1.807, 2.05) is 0 Å². The van der Waals surface area contributed by atoms with Gasteiger partial charge in [-0.3, -0.25) is 15.5 Å². The molecule has 0 saturated carbocycles. The van der Waals surface area contributed by atoms with E-state index in [9.17, 15) is 35.9 Å². The first-order valence-corrected chi connectivity index (χ1v) is 15.6. The second-order valence-electron chi connectivity index (χ2n) is 6.97. The van der Waals surface area contributed by atoms with E-state index in [1.165, 1.54) is 30.0 Å². The Morgan fingerprint density at radius 1 is 1.15 bits per heavy atom. The lowest BCUT2D eigenvalue weighted by molar-refractivity contribution is -0.384. The minimum absolute atomic E-state index is 0.129. The van der Waals surface area contributed by atoms with E-state index in [-0.39, 0.29) is 26.2 Å². The highest BCUT2D eigenvalue weighted by molar-refractivity contribution is 9.10. The lowest BCUT2D eigenvalue weighted by Gasteiger charge is -2.12. The van der Waals surface area contributed by atoms with E-state index >= 15 is 0 Å². The molecule has 0 radical (unpaired) electrons. The third-order valence-corrected chi connectivity index (χ3v) is 11.7. The minimum atomic E-state index is -5.08. The fourth-order valence-electron chi connectivity index (χ4n) is 2.60. The topological polar surface area (TPSA) is 194 Å². The van der Waals surface area contributed by atoms with Gasteiger partial charge in [-0.15, -0.1) is 23.1 Å². The van der Waals surface area contributed by atoms with E-state index in [4.69, 9.17) is 21.0 Å². The molecule has 11 nitrogen and oxygen atoms in total. The Balaban J connectivity index is 0.000000673. The Morgan fingerprint density at radius 2 is 1.72 bits per heavy atom. The largest absolute Gasteiger partial charge is 0.490 e. The molecule has 3 rings (SSSR count). The number of amidine groups is 1. The van der Waals surface area contributed by atoms with Gasteiger partial charge in [0.1, 0.15) is 15.6 Å². The van der Waals surface area contributed by atoms with Gasteiger partial charge in [-0.2, -0.15) is 21.6 Å². The molecule has 0 amide bonds. The second-order valence-corrected chi connectivity index (χ2v) is 14.0. The number of thioether (sulfide) groups is 1. The summed E-state index contributed by atoms with van der Waals surface area (Å²) < 4.78 is 77.2. The van der Waals surface area contributed by atoms with Crippen LogP contribution in [0, 0.1) is 15.5 Å². The Morgan fingerprint density at radius 3 is 2.15 bits per heavy atom. The first-order valence-electron chi connectivity index (χ1n) is 9.78. The van der Waals surface area contributed by atoms with Crippen molar-refractivity contribution in [3.63, 3.8) is 0 Å². The summed E-state index contributed by atoms with van der Waals surface area (Å²) in [5.74, 6) is -3.00. The van der Waals surface area contributed by atoms with Crippen LogP contribution in [0.15, 0.2) is 81.7 Å². The number of carbonyl (C=O) groups is 1. The quantitative estimate of drug-likeness (QED) is 0.0966. The van der Waals surface area contributed by atoms with Crippen molar-refractivity contribution in [3.8, 4) is 0 Å². The summed E-state index contributed by atoms with van der Waals surface area (Å²) in [6, 6.07) is 11.9. The molecule has 1 heterocycles. The van der Waals surface area contributed by atoms with Crippen molar-refractivity contribution in [2.24, 2.45) is 9.50 Å². The van der Waals surface area contributed by atoms with Crippen LogP contribution in [-0.2, 0) is 24.5 Å². The van der Waals surface area contributed by atoms with Crippen molar-refractivity contribution in [1.82, 2.24) is 0 Å². The zero-order valence-corrected chi connectivity index (χ0v) is 24.1. The summed E-state index contributed by atoms with van der Waals surface area (Å²) in [6.07, 6.45) is -3.36. The van der Waals surface area contributed by atoms with Crippen LogP contribution in [-0.4, -0.2) is 46.9 Å². The molecule has 2 aromatic carbocycles. The summed E-state index contributed by atoms with van der Waals surface area (Å²) in [6.45, 7) is 0. The highest BCUT2D eigenvalue weighted by Crippen LogP contribution is 2.39. The Hall–Kier alpha value is -3.00. The number of carboxylic acid groups (broad SMARTS) is 1. The number of alkyl halides is 3. The number of nitrogens with one attached hydrogen (secondary N) is 1. The van der Waals surface area contributed by atoms with Crippen LogP contribution < -0.4 is 5.73 Å². The van der Waals surface area contributed by atoms with E-state index < -0.39 is 36.8 Å². The van der Waals surface area contributed by atoms with Crippen LogP contribution >= 0.6 is 39.0 Å². The number of nitrogen functional groups attached to an aromatic ring is 1.